The standard InChI is InChI=1S/C18H21NO2/c1-12-8-13(2)10-15(9-12)14(3)19-16-4-5-17-18(11-16)21-7-6-20-17/h4-5,8-11,14,19H,6-7H2,1-3H3. The van der Waals surface area contributed by atoms with Crippen molar-refractivity contribution in [1.29, 1.82) is 0 Å². The second-order valence-electron chi connectivity index (χ2n) is 5.65. The molecule has 1 heterocycles. The molecule has 21 heavy (non-hydrogen) atoms. The van der Waals surface area contributed by atoms with Crippen LogP contribution in [0.5, 0.6) is 11.5 Å². The minimum Gasteiger partial charge on any atom is -0.486 e. The Morgan fingerprint density at radius 3 is 2.29 bits per heavy atom. The summed E-state index contributed by atoms with van der Waals surface area (Å²) >= 11 is 0. The first-order valence-electron chi connectivity index (χ1n) is 7.36. The molecule has 3 heteroatoms. The van der Waals surface area contributed by atoms with Crippen LogP contribution in [0.25, 0.3) is 0 Å². The lowest BCUT2D eigenvalue weighted by Gasteiger charge is -2.21. The van der Waals surface area contributed by atoms with Gasteiger partial charge in [0.1, 0.15) is 13.2 Å². The third kappa shape index (κ3) is 3.13. The summed E-state index contributed by atoms with van der Waals surface area (Å²) in [7, 11) is 0. The van der Waals surface area contributed by atoms with E-state index in [1.165, 1.54) is 16.7 Å². The molecule has 1 N–H and O–H groups in total. The Bertz CT molecular complexity index is 631. The van der Waals surface area contributed by atoms with E-state index in [1.54, 1.807) is 0 Å². The largest absolute Gasteiger partial charge is 0.486 e. The highest BCUT2D eigenvalue weighted by atomic mass is 16.6. The Morgan fingerprint density at radius 2 is 1.57 bits per heavy atom. The summed E-state index contributed by atoms with van der Waals surface area (Å²) in [5.74, 6) is 1.64. The van der Waals surface area contributed by atoms with Crippen LogP contribution in [0.2, 0.25) is 0 Å². The van der Waals surface area contributed by atoms with Crippen LogP contribution in [0, 0.1) is 13.8 Å². The highest BCUT2D eigenvalue weighted by molar-refractivity contribution is 5.56. The fourth-order valence-electron chi connectivity index (χ4n) is 2.73. The highest BCUT2D eigenvalue weighted by Crippen LogP contribution is 2.33. The summed E-state index contributed by atoms with van der Waals surface area (Å²) in [6.07, 6.45) is 0. The van der Waals surface area contributed by atoms with E-state index in [9.17, 15) is 0 Å². The van der Waals surface area contributed by atoms with E-state index in [0.717, 1.165) is 17.2 Å². The van der Waals surface area contributed by atoms with Crippen molar-refractivity contribution in [1.82, 2.24) is 0 Å². The maximum absolute atomic E-state index is 5.62. The first-order valence-corrected chi connectivity index (χ1v) is 7.36. The third-order valence-electron chi connectivity index (χ3n) is 3.67. The molecule has 110 valence electrons. The van der Waals surface area contributed by atoms with Gasteiger partial charge in [0, 0.05) is 17.8 Å². The third-order valence-corrected chi connectivity index (χ3v) is 3.67. The normalized spacial score (nSPS) is 14.6. The quantitative estimate of drug-likeness (QED) is 0.913. The van der Waals surface area contributed by atoms with Crippen LogP contribution >= 0.6 is 0 Å². The molecule has 1 aliphatic rings. The maximum atomic E-state index is 5.62. The minimum atomic E-state index is 0.242. The molecule has 0 amide bonds. The lowest BCUT2D eigenvalue weighted by Crippen LogP contribution is -2.15. The van der Waals surface area contributed by atoms with Crippen LogP contribution in [0.15, 0.2) is 36.4 Å². The average Bonchev–Trinajstić information content (AvgIpc) is 2.46. The van der Waals surface area contributed by atoms with Crippen molar-refractivity contribution in [3.05, 3.63) is 53.1 Å². The van der Waals surface area contributed by atoms with Crippen LogP contribution < -0.4 is 14.8 Å². The second-order valence-corrected chi connectivity index (χ2v) is 5.65. The Labute approximate surface area is 125 Å². The molecule has 0 bridgehead atoms. The van der Waals surface area contributed by atoms with Crippen LogP contribution in [0.4, 0.5) is 5.69 Å². The minimum absolute atomic E-state index is 0.242. The molecule has 2 aromatic rings. The highest BCUT2D eigenvalue weighted by Gasteiger charge is 2.13. The summed E-state index contributed by atoms with van der Waals surface area (Å²) in [5.41, 5.74) is 4.93. The van der Waals surface area contributed by atoms with E-state index in [2.05, 4.69) is 44.3 Å². The van der Waals surface area contributed by atoms with Gasteiger partial charge in [-0.25, -0.2) is 0 Å². The molecule has 3 nitrogen and oxygen atoms in total. The molecule has 0 saturated heterocycles. The van der Waals surface area contributed by atoms with E-state index in [4.69, 9.17) is 9.47 Å². The molecule has 0 spiro atoms. The SMILES string of the molecule is Cc1cc(C)cc(C(C)Nc2ccc3c(c2)OCCO3)c1. The predicted octanol–water partition coefficient (Wildman–Crippen LogP) is 4.25. The number of rotatable bonds is 3. The molecule has 0 fully saturated rings. The van der Waals surface area contributed by atoms with Crippen LogP contribution in [-0.4, -0.2) is 13.2 Å². The van der Waals surface area contributed by atoms with Gasteiger partial charge in [-0.2, -0.15) is 0 Å². The fourth-order valence-corrected chi connectivity index (χ4v) is 2.73. The lowest BCUT2D eigenvalue weighted by molar-refractivity contribution is 0.171. The number of ether oxygens (including phenoxy) is 2. The van der Waals surface area contributed by atoms with Gasteiger partial charge >= 0.3 is 0 Å². The summed E-state index contributed by atoms with van der Waals surface area (Å²) in [5, 5.41) is 3.53. The molecular weight excluding hydrogens is 262 g/mol. The number of fused-ring (bicyclic) bond motifs is 1. The van der Waals surface area contributed by atoms with Gasteiger partial charge in [-0.1, -0.05) is 29.3 Å². The summed E-state index contributed by atoms with van der Waals surface area (Å²) in [6.45, 7) is 7.67. The number of hydrogen-bond donors (Lipinski definition) is 1. The molecule has 1 unspecified atom stereocenters. The van der Waals surface area contributed by atoms with E-state index in [0.29, 0.717) is 13.2 Å². The van der Waals surface area contributed by atoms with Crippen molar-refractivity contribution in [3.63, 3.8) is 0 Å². The Kier molecular flexibility index (Phi) is 3.74. The summed E-state index contributed by atoms with van der Waals surface area (Å²) < 4.78 is 11.2. The zero-order chi connectivity index (χ0) is 14.8. The second kappa shape index (κ2) is 5.68. The van der Waals surface area contributed by atoms with E-state index < -0.39 is 0 Å². The van der Waals surface area contributed by atoms with Gasteiger partial charge < -0.3 is 14.8 Å². The van der Waals surface area contributed by atoms with Crippen molar-refractivity contribution in [3.8, 4) is 11.5 Å². The Balaban J connectivity index is 1.79. The van der Waals surface area contributed by atoms with E-state index in [-0.39, 0.29) is 6.04 Å². The van der Waals surface area contributed by atoms with Crippen molar-refractivity contribution in [2.75, 3.05) is 18.5 Å². The molecule has 0 radical (unpaired) electrons. The average molecular weight is 283 g/mol. The van der Waals surface area contributed by atoms with Crippen molar-refractivity contribution >= 4 is 5.69 Å². The van der Waals surface area contributed by atoms with Crippen molar-refractivity contribution in [2.45, 2.75) is 26.8 Å². The molecule has 0 aromatic heterocycles. The molecule has 3 rings (SSSR count). The van der Waals surface area contributed by atoms with Crippen molar-refractivity contribution < 1.29 is 9.47 Å². The van der Waals surface area contributed by atoms with Gasteiger partial charge in [-0.3, -0.25) is 0 Å². The van der Waals surface area contributed by atoms with Crippen molar-refractivity contribution in [2.24, 2.45) is 0 Å². The van der Waals surface area contributed by atoms with Gasteiger partial charge in [0.15, 0.2) is 11.5 Å². The van der Waals surface area contributed by atoms with Gasteiger partial charge in [-0.15, -0.1) is 0 Å². The predicted molar refractivity (Wildman–Crippen MR) is 85.4 cm³/mol. The maximum Gasteiger partial charge on any atom is 0.163 e. The van der Waals surface area contributed by atoms with Gasteiger partial charge in [0.05, 0.1) is 0 Å². The van der Waals surface area contributed by atoms with E-state index >= 15 is 0 Å². The Morgan fingerprint density at radius 1 is 0.905 bits per heavy atom. The fraction of sp³-hybridized carbons (Fsp3) is 0.333. The lowest BCUT2D eigenvalue weighted by atomic mass is 10.0. The molecule has 1 aliphatic heterocycles. The molecule has 0 saturated carbocycles. The number of aryl methyl sites for hydroxylation is 2. The zero-order valence-electron chi connectivity index (χ0n) is 12.8. The van der Waals surface area contributed by atoms with E-state index in [1.807, 2.05) is 18.2 Å². The summed E-state index contributed by atoms with van der Waals surface area (Å²) in [4.78, 5) is 0. The molecule has 1 atom stereocenters. The first kappa shape index (κ1) is 13.8. The zero-order valence-corrected chi connectivity index (χ0v) is 12.8. The number of nitrogens with one attached hydrogen (secondary N) is 1. The smallest absolute Gasteiger partial charge is 0.163 e. The first-order chi connectivity index (χ1) is 10.1. The number of benzene rings is 2. The monoisotopic (exact) mass is 283 g/mol. The molecular formula is C18H21NO2. The van der Waals surface area contributed by atoms with Gasteiger partial charge in [0.25, 0.3) is 0 Å². The van der Waals surface area contributed by atoms with Crippen LogP contribution in [-0.2, 0) is 0 Å². The topological polar surface area (TPSA) is 30.5 Å². The van der Waals surface area contributed by atoms with Gasteiger partial charge in [-0.05, 0) is 38.5 Å². The number of hydrogen-bond acceptors (Lipinski definition) is 3. The molecule has 2 aromatic carbocycles. The van der Waals surface area contributed by atoms with Crippen LogP contribution in [0.3, 0.4) is 0 Å². The van der Waals surface area contributed by atoms with Crippen LogP contribution in [0.1, 0.15) is 29.7 Å². The Hall–Kier alpha value is -2.16. The summed E-state index contributed by atoms with van der Waals surface area (Å²) in [6, 6.07) is 12.9. The molecule has 0 aliphatic carbocycles. The van der Waals surface area contributed by atoms with Gasteiger partial charge in [0.2, 0.25) is 0 Å². The number of anilines is 1.